The van der Waals surface area contributed by atoms with E-state index in [1.54, 1.807) is 7.11 Å². The summed E-state index contributed by atoms with van der Waals surface area (Å²) in [4.78, 5) is 13.1. The van der Waals surface area contributed by atoms with Crippen LogP contribution >= 0.6 is 0 Å². The number of rotatable bonds is 2. The molecule has 2 aliphatic carbocycles. The molecule has 1 saturated carbocycles. The van der Waals surface area contributed by atoms with Crippen LogP contribution in [0.15, 0.2) is 12.1 Å². The largest absolute Gasteiger partial charge is 0.496 e. The Hall–Kier alpha value is -1.31. The monoisotopic (exact) mass is 314 g/mol. The zero-order valence-corrected chi connectivity index (χ0v) is 15.5. The lowest BCUT2D eigenvalue weighted by atomic mass is 9.49. The van der Waals surface area contributed by atoms with E-state index in [2.05, 4.69) is 46.8 Å². The van der Waals surface area contributed by atoms with Crippen molar-refractivity contribution in [1.82, 2.24) is 0 Å². The molecule has 0 spiro atoms. The van der Waals surface area contributed by atoms with Gasteiger partial charge in [-0.05, 0) is 41.4 Å². The minimum atomic E-state index is -0.0255. The van der Waals surface area contributed by atoms with Gasteiger partial charge in [-0.2, -0.15) is 0 Å². The number of carbonyl (C=O) groups is 1. The Morgan fingerprint density at radius 2 is 1.87 bits per heavy atom. The summed E-state index contributed by atoms with van der Waals surface area (Å²) in [5, 5.41) is 0. The molecule has 0 bridgehead atoms. The molecule has 0 heterocycles. The Bertz CT molecular complexity index is 641. The SMILES string of the molecule is COc1ccc2c(c1C(C)C)CC(=O)C1C(C)(C)CCCC21C. The summed E-state index contributed by atoms with van der Waals surface area (Å²) >= 11 is 0. The number of ketones is 1. The average molecular weight is 314 g/mol. The molecule has 126 valence electrons. The van der Waals surface area contributed by atoms with Crippen molar-refractivity contribution in [2.75, 3.05) is 7.11 Å². The molecular formula is C21H30O2. The third-order valence-electron chi connectivity index (χ3n) is 6.34. The first kappa shape index (κ1) is 16.5. The summed E-state index contributed by atoms with van der Waals surface area (Å²) in [5.41, 5.74) is 3.96. The molecule has 3 rings (SSSR count). The summed E-state index contributed by atoms with van der Waals surface area (Å²) in [7, 11) is 1.73. The highest BCUT2D eigenvalue weighted by Crippen LogP contribution is 2.57. The van der Waals surface area contributed by atoms with E-state index in [1.807, 2.05) is 0 Å². The van der Waals surface area contributed by atoms with Crippen molar-refractivity contribution in [3.8, 4) is 5.75 Å². The molecule has 2 heteroatoms. The highest BCUT2D eigenvalue weighted by atomic mass is 16.5. The van der Waals surface area contributed by atoms with Gasteiger partial charge in [0.05, 0.1) is 7.11 Å². The second kappa shape index (κ2) is 5.36. The molecule has 2 atom stereocenters. The minimum absolute atomic E-state index is 0.0255. The molecule has 0 amide bonds. The second-order valence-corrected chi connectivity index (χ2v) is 8.70. The van der Waals surface area contributed by atoms with E-state index in [0.29, 0.717) is 18.1 Å². The highest BCUT2D eigenvalue weighted by Gasteiger charge is 2.54. The molecule has 0 radical (unpaired) electrons. The van der Waals surface area contributed by atoms with E-state index in [-0.39, 0.29) is 16.7 Å². The van der Waals surface area contributed by atoms with Crippen LogP contribution in [0.1, 0.15) is 76.5 Å². The van der Waals surface area contributed by atoms with Gasteiger partial charge in [0.15, 0.2) is 0 Å². The first-order valence-corrected chi connectivity index (χ1v) is 8.95. The van der Waals surface area contributed by atoms with Crippen LogP contribution in [0.4, 0.5) is 0 Å². The van der Waals surface area contributed by atoms with Gasteiger partial charge in [-0.25, -0.2) is 0 Å². The number of fused-ring (bicyclic) bond motifs is 3. The lowest BCUT2D eigenvalue weighted by Gasteiger charge is -2.53. The van der Waals surface area contributed by atoms with Gasteiger partial charge in [-0.1, -0.05) is 47.1 Å². The van der Waals surface area contributed by atoms with Crippen LogP contribution in [0, 0.1) is 11.3 Å². The molecule has 0 aromatic heterocycles. The molecule has 1 aromatic rings. The van der Waals surface area contributed by atoms with Crippen molar-refractivity contribution >= 4 is 5.78 Å². The molecule has 0 N–H and O–H groups in total. The Balaban J connectivity index is 2.25. The molecule has 2 unspecified atom stereocenters. The van der Waals surface area contributed by atoms with Crippen molar-refractivity contribution in [2.24, 2.45) is 11.3 Å². The van der Waals surface area contributed by atoms with Crippen LogP contribution in [-0.4, -0.2) is 12.9 Å². The number of benzene rings is 1. The summed E-state index contributed by atoms with van der Waals surface area (Å²) in [6, 6.07) is 4.36. The van der Waals surface area contributed by atoms with E-state index in [1.165, 1.54) is 23.1 Å². The smallest absolute Gasteiger partial charge is 0.141 e. The highest BCUT2D eigenvalue weighted by molar-refractivity contribution is 5.89. The topological polar surface area (TPSA) is 26.3 Å². The van der Waals surface area contributed by atoms with Crippen LogP contribution in [0.2, 0.25) is 0 Å². The Morgan fingerprint density at radius 1 is 1.17 bits per heavy atom. The molecule has 23 heavy (non-hydrogen) atoms. The van der Waals surface area contributed by atoms with E-state index in [9.17, 15) is 4.79 Å². The third-order valence-corrected chi connectivity index (χ3v) is 6.34. The van der Waals surface area contributed by atoms with Crippen LogP contribution in [0.25, 0.3) is 0 Å². The van der Waals surface area contributed by atoms with Gasteiger partial charge in [0.1, 0.15) is 11.5 Å². The van der Waals surface area contributed by atoms with Gasteiger partial charge in [0.25, 0.3) is 0 Å². The Kier molecular flexibility index (Phi) is 3.85. The number of hydrogen-bond donors (Lipinski definition) is 0. The van der Waals surface area contributed by atoms with E-state index in [0.717, 1.165) is 18.6 Å². The lowest BCUT2D eigenvalue weighted by molar-refractivity contribution is -0.132. The maximum Gasteiger partial charge on any atom is 0.141 e. The maximum atomic E-state index is 13.1. The number of carbonyl (C=O) groups excluding carboxylic acids is 1. The van der Waals surface area contributed by atoms with E-state index in [4.69, 9.17) is 4.74 Å². The standard InChI is InChI=1S/C21H30O2/c1-13(2)18-14-12-16(22)19-20(3,4)10-7-11-21(19,5)15(14)8-9-17(18)23-6/h8-9,13,19H,7,10-12H2,1-6H3. The quantitative estimate of drug-likeness (QED) is 0.765. The lowest BCUT2D eigenvalue weighted by Crippen LogP contribution is -2.52. The summed E-state index contributed by atoms with van der Waals surface area (Å²) < 4.78 is 5.61. The predicted molar refractivity (Wildman–Crippen MR) is 94.3 cm³/mol. The van der Waals surface area contributed by atoms with Crippen LogP contribution in [-0.2, 0) is 16.6 Å². The van der Waals surface area contributed by atoms with Gasteiger partial charge in [-0.15, -0.1) is 0 Å². The molecule has 1 aromatic carbocycles. The Labute approximate surface area is 140 Å². The normalized spacial score (nSPS) is 29.2. The minimum Gasteiger partial charge on any atom is -0.496 e. The zero-order valence-electron chi connectivity index (χ0n) is 15.5. The van der Waals surface area contributed by atoms with Crippen LogP contribution < -0.4 is 4.74 Å². The molecule has 0 saturated heterocycles. The molecule has 2 aliphatic rings. The molecular weight excluding hydrogens is 284 g/mol. The van der Waals surface area contributed by atoms with Crippen molar-refractivity contribution in [1.29, 1.82) is 0 Å². The van der Waals surface area contributed by atoms with Gasteiger partial charge < -0.3 is 4.74 Å². The molecule has 2 nitrogen and oxygen atoms in total. The van der Waals surface area contributed by atoms with E-state index >= 15 is 0 Å². The summed E-state index contributed by atoms with van der Waals surface area (Å²) in [6.45, 7) is 11.3. The van der Waals surface area contributed by atoms with Crippen molar-refractivity contribution in [2.45, 2.75) is 71.6 Å². The molecule has 0 aliphatic heterocycles. The fraction of sp³-hybridized carbons (Fsp3) is 0.667. The first-order valence-electron chi connectivity index (χ1n) is 8.95. The fourth-order valence-corrected chi connectivity index (χ4v) is 5.60. The van der Waals surface area contributed by atoms with Crippen LogP contribution in [0.3, 0.4) is 0 Å². The van der Waals surface area contributed by atoms with Crippen molar-refractivity contribution in [3.63, 3.8) is 0 Å². The maximum absolute atomic E-state index is 13.1. The first-order chi connectivity index (χ1) is 10.7. The second-order valence-electron chi connectivity index (χ2n) is 8.70. The van der Waals surface area contributed by atoms with Gasteiger partial charge in [0.2, 0.25) is 0 Å². The van der Waals surface area contributed by atoms with Gasteiger partial charge in [-0.3, -0.25) is 4.79 Å². The van der Waals surface area contributed by atoms with Crippen molar-refractivity contribution in [3.05, 3.63) is 28.8 Å². The number of methoxy groups -OCH3 is 1. The fourth-order valence-electron chi connectivity index (χ4n) is 5.60. The number of hydrogen-bond acceptors (Lipinski definition) is 2. The third kappa shape index (κ3) is 2.33. The van der Waals surface area contributed by atoms with E-state index < -0.39 is 0 Å². The van der Waals surface area contributed by atoms with Crippen LogP contribution in [0.5, 0.6) is 5.75 Å². The summed E-state index contributed by atoms with van der Waals surface area (Å²) in [5.74, 6) is 1.87. The van der Waals surface area contributed by atoms with Crippen molar-refractivity contribution < 1.29 is 9.53 Å². The van der Waals surface area contributed by atoms with Gasteiger partial charge in [0, 0.05) is 23.3 Å². The number of Topliss-reactive ketones (excluding diaryl/α,β-unsaturated/α-hetero) is 1. The predicted octanol–water partition coefficient (Wildman–Crippen LogP) is 5.03. The Morgan fingerprint density at radius 3 is 2.48 bits per heavy atom. The molecule has 1 fully saturated rings. The summed E-state index contributed by atoms with van der Waals surface area (Å²) in [6.07, 6.45) is 4.05. The number of ether oxygens (including phenoxy) is 1. The van der Waals surface area contributed by atoms with Gasteiger partial charge >= 0.3 is 0 Å². The average Bonchev–Trinajstić information content (AvgIpc) is 2.44. The zero-order chi connectivity index (χ0) is 17.0.